The van der Waals surface area contributed by atoms with Crippen molar-refractivity contribution < 1.29 is 0 Å². The average molecular weight is 314 g/mol. The number of halogens is 1. The van der Waals surface area contributed by atoms with Crippen LogP contribution in [0.2, 0.25) is 5.02 Å². The number of fused-ring (bicyclic) bond motifs is 3. The van der Waals surface area contributed by atoms with E-state index in [-0.39, 0.29) is 5.56 Å². The molecule has 0 fully saturated rings. The molecule has 4 nitrogen and oxygen atoms in total. The fourth-order valence-corrected chi connectivity index (χ4v) is 3.44. The number of benzene rings is 1. The molecule has 0 aliphatic rings. The predicted octanol–water partition coefficient (Wildman–Crippen LogP) is 3.65. The molecule has 4 aromatic rings. The minimum absolute atomic E-state index is 0.0923. The number of pyridine rings is 1. The minimum atomic E-state index is -0.0923. The molecule has 3 heterocycles. The maximum absolute atomic E-state index is 12.7. The Morgan fingerprint density at radius 2 is 1.95 bits per heavy atom. The lowest BCUT2D eigenvalue weighted by molar-refractivity contribution is 0.968. The third-order valence-electron chi connectivity index (χ3n) is 3.24. The molecule has 3 aromatic heterocycles. The van der Waals surface area contributed by atoms with E-state index in [0.29, 0.717) is 15.2 Å². The molecule has 1 aromatic carbocycles. The van der Waals surface area contributed by atoms with E-state index in [9.17, 15) is 4.79 Å². The summed E-state index contributed by atoms with van der Waals surface area (Å²) in [6, 6.07) is 11.2. The zero-order chi connectivity index (χ0) is 14.4. The fraction of sp³-hybridized carbons (Fsp3) is 0. The van der Waals surface area contributed by atoms with E-state index in [1.165, 1.54) is 11.3 Å². The molecule has 0 saturated heterocycles. The normalized spacial score (nSPS) is 11.3. The molecule has 0 amide bonds. The summed E-state index contributed by atoms with van der Waals surface area (Å²) in [6.07, 6.45) is 3.13. The maximum Gasteiger partial charge on any atom is 0.275 e. The Hall–Kier alpha value is -2.24. The predicted molar refractivity (Wildman–Crippen MR) is 85.5 cm³/mol. The average Bonchev–Trinajstić information content (AvgIpc) is 2.87. The van der Waals surface area contributed by atoms with Gasteiger partial charge in [0.25, 0.3) is 5.56 Å². The molecular weight excluding hydrogens is 306 g/mol. The summed E-state index contributed by atoms with van der Waals surface area (Å²) in [5.74, 6) is 0. The standard InChI is InChI=1S/C15H8ClN3OS/c16-9-6-11-12-13(21-14(11)17-7-9)15(20)19(8-18-12)10-4-2-1-3-5-10/h1-8H. The molecule has 0 atom stereocenters. The van der Waals surface area contributed by atoms with Crippen molar-refractivity contribution in [3.05, 3.63) is 64.3 Å². The van der Waals surface area contributed by atoms with E-state index < -0.39 is 0 Å². The quantitative estimate of drug-likeness (QED) is 0.539. The van der Waals surface area contributed by atoms with Gasteiger partial charge >= 0.3 is 0 Å². The number of hydrogen-bond donors (Lipinski definition) is 0. The zero-order valence-electron chi connectivity index (χ0n) is 10.7. The van der Waals surface area contributed by atoms with Gasteiger partial charge < -0.3 is 0 Å². The first-order valence-corrected chi connectivity index (χ1v) is 7.44. The summed E-state index contributed by atoms with van der Waals surface area (Å²) in [6.45, 7) is 0. The van der Waals surface area contributed by atoms with E-state index in [2.05, 4.69) is 9.97 Å². The van der Waals surface area contributed by atoms with E-state index in [0.717, 1.165) is 15.9 Å². The van der Waals surface area contributed by atoms with Gasteiger partial charge in [0, 0.05) is 11.6 Å². The van der Waals surface area contributed by atoms with E-state index in [1.54, 1.807) is 23.2 Å². The highest BCUT2D eigenvalue weighted by Gasteiger charge is 2.13. The second-order valence-electron chi connectivity index (χ2n) is 4.54. The molecule has 4 rings (SSSR count). The molecule has 21 heavy (non-hydrogen) atoms. The molecule has 0 bridgehead atoms. The highest BCUT2D eigenvalue weighted by Crippen LogP contribution is 2.30. The van der Waals surface area contributed by atoms with Gasteiger partial charge in [0.1, 0.15) is 15.9 Å². The number of hydrogen-bond acceptors (Lipinski definition) is 4. The number of aromatic nitrogens is 3. The van der Waals surface area contributed by atoms with Gasteiger partial charge in [0.15, 0.2) is 0 Å². The zero-order valence-corrected chi connectivity index (χ0v) is 12.2. The van der Waals surface area contributed by atoms with Gasteiger partial charge in [0.2, 0.25) is 0 Å². The molecule has 6 heteroatoms. The van der Waals surface area contributed by atoms with E-state index >= 15 is 0 Å². The summed E-state index contributed by atoms with van der Waals surface area (Å²) >= 11 is 7.31. The van der Waals surface area contributed by atoms with Crippen LogP contribution >= 0.6 is 22.9 Å². The summed E-state index contributed by atoms with van der Waals surface area (Å²) < 4.78 is 2.13. The summed E-state index contributed by atoms with van der Waals surface area (Å²) in [4.78, 5) is 22.1. The van der Waals surface area contributed by atoms with Crippen molar-refractivity contribution in [1.29, 1.82) is 0 Å². The Labute approximate surface area is 128 Å². The van der Waals surface area contributed by atoms with E-state index in [4.69, 9.17) is 11.6 Å². The summed E-state index contributed by atoms with van der Waals surface area (Å²) in [5.41, 5.74) is 1.35. The van der Waals surface area contributed by atoms with Crippen LogP contribution in [-0.4, -0.2) is 14.5 Å². The van der Waals surface area contributed by atoms with Gasteiger partial charge in [-0.25, -0.2) is 9.97 Å². The molecular formula is C15H8ClN3OS. The van der Waals surface area contributed by atoms with Crippen LogP contribution in [0, 0.1) is 0 Å². The van der Waals surface area contributed by atoms with Crippen molar-refractivity contribution in [3.8, 4) is 5.69 Å². The first-order valence-electron chi connectivity index (χ1n) is 6.25. The van der Waals surface area contributed by atoms with Crippen LogP contribution in [0.25, 0.3) is 26.1 Å². The lowest BCUT2D eigenvalue weighted by atomic mass is 10.3. The monoisotopic (exact) mass is 313 g/mol. The van der Waals surface area contributed by atoms with Crippen molar-refractivity contribution in [2.75, 3.05) is 0 Å². The number of rotatable bonds is 1. The van der Waals surface area contributed by atoms with Gasteiger partial charge in [-0.3, -0.25) is 9.36 Å². The second-order valence-corrected chi connectivity index (χ2v) is 5.98. The summed E-state index contributed by atoms with van der Waals surface area (Å²) in [7, 11) is 0. The van der Waals surface area contributed by atoms with Crippen LogP contribution in [0.15, 0.2) is 53.7 Å². The summed E-state index contributed by atoms with van der Waals surface area (Å²) in [5, 5.41) is 1.36. The Kier molecular flexibility index (Phi) is 2.77. The topological polar surface area (TPSA) is 47.8 Å². The third kappa shape index (κ3) is 1.93. The van der Waals surface area contributed by atoms with Crippen LogP contribution in [-0.2, 0) is 0 Å². The molecule has 0 unspecified atom stereocenters. The number of para-hydroxylation sites is 1. The van der Waals surface area contributed by atoms with Crippen LogP contribution in [0.5, 0.6) is 0 Å². The fourth-order valence-electron chi connectivity index (χ4n) is 2.27. The number of nitrogens with zero attached hydrogens (tertiary/aromatic N) is 3. The van der Waals surface area contributed by atoms with Crippen molar-refractivity contribution in [2.24, 2.45) is 0 Å². The van der Waals surface area contributed by atoms with Crippen LogP contribution in [0.1, 0.15) is 0 Å². The third-order valence-corrected chi connectivity index (χ3v) is 4.53. The van der Waals surface area contributed by atoms with Crippen LogP contribution in [0.3, 0.4) is 0 Å². The first kappa shape index (κ1) is 12.5. The Bertz CT molecular complexity index is 1020. The Morgan fingerprint density at radius 1 is 1.14 bits per heavy atom. The van der Waals surface area contributed by atoms with Crippen molar-refractivity contribution in [1.82, 2.24) is 14.5 Å². The van der Waals surface area contributed by atoms with Gasteiger partial charge in [0.05, 0.1) is 16.2 Å². The smallest absolute Gasteiger partial charge is 0.267 e. The Morgan fingerprint density at radius 3 is 2.76 bits per heavy atom. The van der Waals surface area contributed by atoms with Gasteiger partial charge in [-0.1, -0.05) is 29.8 Å². The molecule has 102 valence electrons. The maximum atomic E-state index is 12.7. The second kappa shape index (κ2) is 4.65. The highest BCUT2D eigenvalue weighted by atomic mass is 35.5. The molecule has 0 N–H and O–H groups in total. The van der Waals surface area contributed by atoms with Gasteiger partial charge in [-0.15, -0.1) is 11.3 Å². The van der Waals surface area contributed by atoms with Crippen LogP contribution < -0.4 is 5.56 Å². The molecule has 0 saturated carbocycles. The van der Waals surface area contributed by atoms with E-state index in [1.807, 2.05) is 30.3 Å². The highest BCUT2D eigenvalue weighted by molar-refractivity contribution is 7.25. The molecule has 0 aliphatic heterocycles. The molecule has 0 aliphatic carbocycles. The Balaban J connectivity index is 2.08. The lowest BCUT2D eigenvalue weighted by Gasteiger charge is -2.04. The largest absolute Gasteiger partial charge is 0.275 e. The van der Waals surface area contributed by atoms with Crippen molar-refractivity contribution in [2.45, 2.75) is 0 Å². The first-order chi connectivity index (χ1) is 10.2. The molecule has 0 radical (unpaired) electrons. The lowest BCUT2D eigenvalue weighted by Crippen LogP contribution is -2.17. The van der Waals surface area contributed by atoms with Crippen molar-refractivity contribution >= 4 is 43.4 Å². The SMILES string of the molecule is O=c1c2sc3ncc(Cl)cc3c2ncn1-c1ccccc1. The van der Waals surface area contributed by atoms with Gasteiger partial charge in [-0.2, -0.15) is 0 Å². The van der Waals surface area contributed by atoms with Crippen molar-refractivity contribution in [3.63, 3.8) is 0 Å². The van der Waals surface area contributed by atoms with Crippen LogP contribution in [0.4, 0.5) is 0 Å². The van der Waals surface area contributed by atoms with Gasteiger partial charge in [-0.05, 0) is 18.2 Å². The molecule has 0 spiro atoms. The number of thiophene rings is 1. The minimum Gasteiger partial charge on any atom is -0.267 e.